The quantitative estimate of drug-likeness (QED) is 0.743. The van der Waals surface area contributed by atoms with Crippen LogP contribution in [0, 0.1) is 12.8 Å². The predicted octanol–water partition coefficient (Wildman–Crippen LogP) is 3.39. The molecule has 1 heteroatoms. The fraction of sp³-hybridized carbons (Fsp3) is 0.571. The first-order valence-electron chi connectivity index (χ1n) is 5.90. The summed E-state index contributed by atoms with van der Waals surface area (Å²) >= 11 is 0. The number of rotatable bonds is 1. The Labute approximate surface area is 92.1 Å². The van der Waals surface area contributed by atoms with E-state index in [0.717, 1.165) is 24.8 Å². The molecule has 2 atom stereocenters. The highest BCUT2D eigenvalue weighted by Gasteiger charge is 2.34. The molecule has 0 aromatic heterocycles. The summed E-state index contributed by atoms with van der Waals surface area (Å²) in [7, 11) is 0. The average molecular weight is 204 g/mol. The second kappa shape index (κ2) is 3.97. The van der Waals surface area contributed by atoms with Crippen LogP contribution in [-0.4, -0.2) is 5.11 Å². The Hall–Kier alpha value is -0.820. The lowest BCUT2D eigenvalue weighted by molar-refractivity contribution is -0.0179. The number of benzene rings is 1. The molecule has 1 fully saturated rings. The van der Waals surface area contributed by atoms with Crippen LogP contribution in [0.3, 0.4) is 0 Å². The molecule has 15 heavy (non-hydrogen) atoms. The van der Waals surface area contributed by atoms with E-state index in [4.69, 9.17) is 0 Å². The highest BCUT2D eigenvalue weighted by Crippen LogP contribution is 2.39. The molecule has 0 unspecified atom stereocenters. The Balaban J connectivity index is 2.28. The normalized spacial score (nSPS) is 31.5. The van der Waals surface area contributed by atoms with Gasteiger partial charge in [0.05, 0.1) is 5.60 Å². The van der Waals surface area contributed by atoms with Crippen molar-refractivity contribution < 1.29 is 5.11 Å². The molecule has 1 saturated carbocycles. The molecule has 0 bridgehead atoms. The molecule has 2 rings (SSSR count). The van der Waals surface area contributed by atoms with Gasteiger partial charge in [-0.1, -0.05) is 43.2 Å². The minimum atomic E-state index is -0.566. The molecule has 1 aromatic rings. The molecule has 1 nitrogen and oxygen atoms in total. The molecule has 0 amide bonds. The number of aryl methyl sites for hydroxylation is 1. The van der Waals surface area contributed by atoms with Crippen molar-refractivity contribution in [1.82, 2.24) is 0 Å². The average Bonchev–Trinajstić information content (AvgIpc) is 2.17. The number of aliphatic hydroxyl groups is 1. The fourth-order valence-electron chi connectivity index (χ4n) is 2.72. The van der Waals surface area contributed by atoms with Crippen molar-refractivity contribution in [1.29, 1.82) is 0 Å². The minimum absolute atomic E-state index is 0.566. The molecule has 1 aliphatic carbocycles. The van der Waals surface area contributed by atoms with E-state index in [9.17, 15) is 5.11 Å². The maximum Gasteiger partial charge on any atom is 0.0899 e. The lowest BCUT2D eigenvalue weighted by atomic mass is 9.75. The van der Waals surface area contributed by atoms with Crippen LogP contribution < -0.4 is 0 Å². The number of hydrogen-bond acceptors (Lipinski definition) is 1. The summed E-state index contributed by atoms with van der Waals surface area (Å²) in [6.07, 6.45) is 4.23. The summed E-state index contributed by atoms with van der Waals surface area (Å²) in [4.78, 5) is 0. The van der Waals surface area contributed by atoms with Crippen LogP contribution in [0.5, 0.6) is 0 Å². The second-order valence-corrected chi connectivity index (χ2v) is 5.10. The molecule has 1 aromatic carbocycles. The lowest BCUT2D eigenvalue weighted by Crippen LogP contribution is -2.31. The van der Waals surface area contributed by atoms with Gasteiger partial charge in [0.15, 0.2) is 0 Å². The Morgan fingerprint density at radius 3 is 2.87 bits per heavy atom. The van der Waals surface area contributed by atoms with E-state index in [1.807, 2.05) is 6.07 Å². The van der Waals surface area contributed by atoms with Crippen molar-refractivity contribution in [2.75, 3.05) is 0 Å². The summed E-state index contributed by atoms with van der Waals surface area (Å²) in [5.41, 5.74) is 1.78. The molecule has 1 N–H and O–H groups in total. The van der Waals surface area contributed by atoms with Gasteiger partial charge in [-0.2, -0.15) is 0 Å². The molecular weight excluding hydrogens is 184 g/mol. The zero-order valence-corrected chi connectivity index (χ0v) is 9.66. The zero-order chi connectivity index (χ0) is 10.9. The van der Waals surface area contributed by atoms with Gasteiger partial charge in [-0.25, -0.2) is 0 Å². The van der Waals surface area contributed by atoms with Crippen LogP contribution in [0.1, 0.15) is 43.7 Å². The van der Waals surface area contributed by atoms with E-state index < -0.39 is 5.60 Å². The predicted molar refractivity (Wildman–Crippen MR) is 62.7 cm³/mol. The summed E-state index contributed by atoms with van der Waals surface area (Å²) in [5.74, 6) is 0.643. The molecule has 0 radical (unpaired) electrons. The first-order valence-corrected chi connectivity index (χ1v) is 5.90. The van der Waals surface area contributed by atoms with Crippen molar-refractivity contribution >= 4 is 0 Å². The van der Waals surface area contributed by atoms with Gasteiger partial charge in [-0.3, -0.25) is 0 Å². The van der Waals surface area contributed by atoms with Crippen LogP contribution >= 0.6 is 0 Å². The monoisotopic (exact) mass is 204 g/mol. The Morgan fingerprint density at radius 2 is 2.20 bits per heavy atom. The molecular formula is C14H20O. The molecule has 82 valence electrons. The van der Waals surface area contributed by atoms with E-state index in [2.05, 4.69) is 32.0 Å². The van der Waals surface area contributed by atoms with Gasteiger partial charge in [-0.15, -0.1) is 0 Å². The second-order valence-electron chi connectivity index (χ2n) is 5.10. The van der Waals surface area contributed by atoms with Gasteiger partial charge >= 0.3 is 0 Å². The third-order valence-electron chi connectivity index (χ3n) is 3.53. The van der Waals surface area contributed by atoms with Gasteiger partial charge in [0.25, 0.3) is 0 Å². The third-order valence-corrected chi connectivity index (χ3v) is 3.53. The first-order chi connectivity index (χ1) is 7.10. The summed E-state index contributed by atoms with van der Waals surface area (Å²) < 4.78 is 0. The van der Waals surface area contributed by atoms with E-state index in [-0.39, 0.29) is 0 Å². The summed E-state index contributed by atoms with van der Waals surface area (Å²) in [5, 5.41) is 10.6. The van der Waals surface area contributed by atoms with Gasteiger partial charge in [0.2, 0.25) is 0 Å². The summed E-state index contributed by atoms with van der Waals surface area (Å²) in [6.45, 7) is 4.32. The maximum atomic E-state index is 10.6. The summed E-state index contributed by atoms with van der Waals surface area (Å²) in [6, 6.07) is 8.31. The molecule has 0 saturated heterocycles. The van der Waals surface area contributed by atoms with Crippen molar-refractivity contribution in [2.24, 2.45) is 5.92 Å². The van der Waals surface area contributed by atoms with Gasteiger partial charge in [0, 0.05) is 0 Å². The van der Waals surface area contributed by atoms with E-state index in [1.165, 1.54) is 12.0 Å². The van der Waals surface area contributed by atoms with Crippen LogP contribution in [0.4, 0.5) is 0 Å². The highest BCUT2D eigenvalue weighted by molar-refractivity contribution is 5.27. The smallest absolute Gasteiger partial charge is 0.0899 e. The van der Waals surface area contributed by atoms with Crippen molar-refractivity contribution in [2.45, 2.75) is 45.1 Å². The first kappa shape index (κ1) is 10.7. The molecule has 0 spiro atoms. The van der Waals surface area contributed by atoms with E-state index in [0.29, 0.717) is 5.92 Å². The van der Waals surface area contributed by atoms with Crippen LogP contribution in [0.2, 0.25) is 0 Å². The Morgan fingerprint density at radius 1 is 1.40 bits per heavy atom. The Bertz CT molecular complexity index is 345. The molecule has 1 aliphatic rings. The van der Waals surface area contributed by atoms with Gasteiger partial charge in [0.1, 0.15) is 0 Å². The number of hydrogen-bond donors (Lipinski definition) is 1. The Kier molecular flexibility index (Phi) is 2.83. The van der Waals surface area contributed by atoms with Gasteiger partial charge in [-0.05, 0) is 37.7 Å². The maximum absolute atomic E-state index is 10.6. The lowest BCUT2D eigenvalue weighted by Gasteiger charge is -2.36. The SMILES string of the molecule is Cc1cccc([C@@]2(O)CCC[C@@H](C)C2)c1. The zero-order valence-electron chi connectivity index (χ0n) is 9.66. The molecule has 0 aliphatic heterocycles. The van der Waals surface area contributed by atoms with Gasteiger partial charge < -0.3 is 5.11 Å². The topological polar surface area (TPSA) is 20.2 Å². The fourth-order valence-corrected chi connectivity index (χ4v) is 2.72. The van der Waals surface area contributed by atoms with E-state index >= 15 is 0 Å². The third kappa shape index (κ3) is 2.23. The van der Waals surface area contributed by atoms with Crippen LogP contribution in [0.15, 0.2) is 24.3 Å². The minimum Gasteiger partial charge on any atom is -0.385 e. The van der Waals surface area contributed by atoms with Crippen molar-refractivity contribution in [3.63, 3.8) is 0 Å². The largest absolute Gasteiger partial charge is 0.385 e. The highest BCUT2D eigenvalue weighted by atomic mass is 16.3. The van der Waals surface area contributed by atoms with Crippen molar-refractivity contribution in [3.8, 4) is 0 Å². The molecule has 0 heterocycles. The van der Waals surface area contributed by atoms with Crippen LogP contribution in [-0.2, 0) is 5.60 Å². The van der Waals surface area contributed by atoms with Crippen LogP contribution in [0.25, 0.3) is 0 Å². The van der Waals surface area contributed by atoms with E-state index in [1.54, 1.807) is 0 Å². The standard InChI is InChI=1S/C14H20O/c1-11-5-3-7-13(9-11)14(15)8-4-6-12(2)10-14/h3,5,7,9,12,15H,4,6,8,10H2,1-2H3/t12-,14-/m1/s1. The van der Waals surface area contributed by atoms with Crippen molar-refractivity contribution in [3.05, 3.63) is 35.4 Å².